The molecule has 1 amide bonds. The number of ether oxygens (including phenoxy) is 1. The van der Waals surface area contributed by atoms with Gasteiger partial charge in [-0.15, -0.1) is 5.10 Å². The van der Waals surface area contributed by atoms with Crippen LogP contribution < -0.4 is 10.6 Å². The number of amides is 1. The van der Waals surface area contributed by atoms with Gasteiger partial charge >= 0.3 is 5.97 Å². The van der Waals surface area contributed by atoms with E-state index in [2.05, 4.69) is 31.3 Å². The Morgan fingerprint density at radius 1 is 1.00 bits per heavy atom. The summed E-state index contributed by atoms with van der Waals surface area (Å²) in [6.07, 6.45) is 0. The van der Waals surface area contributed by atoms with E-state index in [1.165, 1.54) is 0 Å². The monoisotopic (exact) mass is 452 g/mol. The van der Waals surface area contributed by atoms with Gasteiger partial charge in [-0.05, 0) is 59.3 Å². The highest BCUT2D eigenvalue weighted by molar-refractivity contribution is 6.37. The second kappa shape index (κ2) is 8.99. The average Bonchev–Trinajstić information content (AvgIpc) is 3.51. The van der Waals surface area contributed by atoms with Gasteiger partial charge in [-0.1, -0.05) is 36.4 Å². The number of carbonyl (C=O) groups excluding carboxylic acids is 2. The first-order chi connectivity index (χ1) is 16.6. The molecular formula is C25H20N6O3. The largest absolute Gasteiger partial charge is 0.462 e. The quantitative estimate of drug-likeness (QED) is 0.299. The number of carbonyl (C=O) groups is 2. The molecule has 0 radical (unpaired) electrons. The van der Waals surface area contributed by atoms with Crippen LogP contribution in [-0.2, 0) is 9.53 Å². The molecule has 9 nitrogen and oxygen atoms in total. The van der Waals surface area contributed by atoms with Crippen molar-refractivity contribution in [3.63, 3.8) is 0 Å². The maximum atomic E-state index is 13.1. The zero-order valence-electron chi connectivity index (χ0n) is 18.2. The fraction of sp³-hybridized carbons (Fsp3) is 0.0800. The number of anilines is 2. The van der Waals surface area contributed by atoms with Crippen molar-refractivity contribution in [3.8, 4) is 11.4 Å². The molecule has 0 aliphatic carbocycles. The summed E-state index contributed by atoms with van der Waals surface area (Å²) < 4.78 is 5.08. The summed E-state index contributed by atoms with van der Waals surface area (Å²) in [4.78, 5) is 25.2. The first kappa shape index (κ1) is 21.1. The molecule has 5 rings (SSSR count). The molecule has 0 bridgehead atoms. The molecule has 168 valence electrons. The van der Waals surface area contributed by atoms with Crippen LogP contribution in [0.2, 0.25) is 0 Å². The molecule has 0 saturated carbocycles. The minimum Gasteiger partial charge on any atom is -0.462 e. The second-order valence-corrected chi connectivity index (χ2v) is 7.50. The minimum absolute atomic E-state index is 0.258. The van der Waals surface area contributed by atoms with Gasteiger partial charge in [0.15, 0.2) is 5.82 Å². The van der Waals surface area contributed by atoms with Gasteiger partial charge in [0.05, 0.1) is 29.1 Å². The first-order valence-corrected chi connectivity index (χ1v) is 10.7. The fourth-order valence-electron chi connectivity index (χ4n) is 3.78. The maximum Gasteiger partial charge on any atom is 0.338 e. The molecule has 0 fully saturated rings. The van der Waals surface area contributed by atoms with Crippen molar-refractivity contribution < 1.29 is 14.3 Å². The molecule has 2 heterocycles. The van der Waals surface area contributed by atoms with Gasteiger partial charge in [-0.3, -0.25) is 4.79 Å². The van der Waals surface area contributed by atoms with Crippen LogP contribution in [-0.4, -0.2) is 39.1 Å². The van der Waals surface area contributed by atoms with Crippen LogP contribution in [0.5, 0.6) is 0 Å². The zero-order chi connectivity index (χ0) is 23.5. The van der Waals surface area contributed by atoms with E-state index in [-0.39, 0.29) is 12.5 Å². The van der Waals surface area contributed by atoms with Gasteiger partial charge in [0.2, 0.25) is 0 Å². The maximum absolute atomic E-state index is 13.1. The highest BCUT2D eigenvalue weighted by atomic mass is 16.5. The van der Waals surface area contributed by atoms with Crippen LogP contribution >= 0.6 is 0 Å². The number of nitrogens with one attached hydrogen (secondary N) is 3. The van der Waals surface area contributed by atoms with E-state index in [1.807, 2.05) is 54.6 Å². The number of esters is 1. The summed E-state index contributed by atoms with van der Waals surface area (Å²) in [6.45, 7) is 2.03. The number of benzene rings is 3. The Kier molecular flexibility index (Phi) is 5.57. The molecule has 3 N–H and O–H groups in total. The Balaban J connectivity index is 1.56. The van der Waals surface area contributed by atoms with Gasteiger partial charge in [0, 0.05) is 16.8 Å². The lowest BCUT2D eigenvalue weighted by Gasteiger charge is -2.15. The summed E-state index contributed by atoms with van der Waals surface area (Å²) in [5.41, 5.74) is 5.25. The van der Waals surface area contributed by atoms with Crippen molar-refractivity contribution in [2.24, 2.45) is 0 Å². The highest BCUT2D eigenvalue weighted by Gasteiger charge is 2.29. The van der Waals surface area contributed by atoms with Gasteiger partial charge < -0.3 is 15.4 Å². The van der Waals surface area contributed by atoms with Crippen molar-refractivity contribution in [2.45, 2.75) is 6.92 Å². The highest BCUT2D eigenvalue weighted by Crippen LogP contribution is 2.38. The third-order valence-electron chi connectivity index (χ3n) is 5.36. The van der Waals surface area contributed by atoms with Crippen LogP contribution in [0.15, 0.2) is 72.8 Å². The van der Waals surface area contributed by atoms with Crippen LogP contribution in [0.1, 0.15) is 28.4 Å². The second-order valence-electron chi connectivity index (χ2n) is 7.50. The van der Waals surface area contributed by atoms with E-state index < -0.39 is 5.97 Å². The molecule has 4 aromatic rings. The molecular weight excluding hydrogens is 432 g/mol. The summed E-state index contributed by atoms with van der Waals surface area (Å²) in [7, 11) is 0. The van der Waals surface area contributed by atoms with Gasteiger partial charge in [-0.25, -0.2) is 9.89 Å². The van der Waals surface area contributed by atoms with Gasteiger partial charge in [0.1, 0.15) is 0 Å². The number of fused-ring (bicyclic) bond motifs is 1. The Morgan fingerprint density at radius 2 is 1.79 bits per heavy atom. The van der Waals surface area contributed by atoms with Gasteiger partial charge in [-0.2, -0.15) is 0 Å². The normalized spacial score (nSPS) is 13.7. The van der Waals surface area contributed by atoms with Crippen LogP contribution in [0.4, 0.5) is 11.4 Å². The topological polar surface area (TPSA) is 122 Å². The molecule has 0 atom stereocenters. The summed E-state index contributed by atoms with van der Waals surface area (Å²) >= 11 is 0. The van der Waals surface area contributed by atoms with Crippen LogP contribution in [0.25, 0.3) is 22.7 Å². The van der Waals surface area contributed by atoms with E-state index in [9.17, 15) is 9.59 Å². The molecule has 34 heavy (non-hydrogen) atoms. The Morgan fingerprint density at radius 3 is 2.50 bits per heavy atom. The first-order valence-electron chi connectivity index (χ1n) is 10.7. The molecule has 3 aromatic carbocycles. The molecule has 1 aliphatic rings. The van der Waals surface area contributed by atoms with E-state index >= 15 is 0 Å². The number of aromatic nitrogens is 4. The lowest BCUT2D eigenvalue weighted by atomic mass is 9.99. The zero-order valence-corrected chi connectivity index (χ0v) is 18.2. The van der Waals surface area contributed by atoms with E-state index in [0.717, 1.165) is 16.8 Å². The Bertz CT molecular complexity index is 1380. The van der Waals surface area contributed by atoms with Crippen molar-refractivity contribution in [2.75, 3.05) is 17.2 Å². The Labute approximate surface area is 194 Å². The molecule has 0 unspecified atom stereocenters. The van der Waals surface area contributed by atoms with Crippen molar-refractivity contribution in [1.29, 1.82) is 0 Å². The predicted octanol–water partition coefficient (Wildman–Crippen LogP) is 3.98. The van der Waals surface area contributed by atoms with Crippen molar-refractivity contribution >= 4 is 34.5 Å². The fourth-order valence-corrected chi connectivity index (χ4v) is 3.78. The summed E-state index contributed by atoms with van der Waals surface area (Å²) in [5.74, 6) is -0.123. The number of rotatable bonds is 6. The number of nitrogens with zero attached hydrogens (tertiary/aromatic N) is 3. The number of hydrogen-bond acceptors (Lipinski definition) is 7. The summed E-state index contributed by atoms with van der Waals surface area (Å²) in [6, 6.07) is 22.2. The molecule has 9 heteroatoms. The van der Waals surface area contributed by atoms with Crippen LogP contribution in [0, 0.1) is 0 Å². The van der Waals surface area contributed by atoms with Crippen molar-refractivity contribution in [1.82, 2.24) is 20.6 Å². The number of H-pyrrole nitrogens is 1. The SMILES string of the molecule is CCOC(=O)c1ccc2c(c1)NC(=O)/C2=C(\Nc1ccc(-c2nnn[nH]2)cc1)c1ccccc1. The third-order valence-corrected chi connectivity index (χ3v) is 5.36. The number of tetrazole rings is 1. The van der Waals surface area contributed by atoms with Crippen LogP contribution in [0.3, 0.4) is 0 Å². The number of aromatic amines is 1. The number of hydrogen-bond donors (Lipinski definition) is 3. The predicted molar refractivity (Wildman–Crippen MR) is 128 cm³/mol. The molecule has 1 aromatic heterocycles. The molecule has 0 saturated heterocycles. The molecule has 0 spiro atoms. The lowest BCUT2D eigenvalue weighted by molar-refractivity contribution is -0.110. The minimum atomic E-state index is -0.430. The lowest BCUT2D eigenvalue weighted by Crippen LogP contribution is -2.10. The van der Waals surface area contributed by atoms with E-state index in [4.69, 9.17) is 4.74 Å². The average molecular weight is 452 g/mol. The Hall–Kier alpha value is -4.79. The van der Waals surface area contributed by atoms with Gasteiger partial charge in [0.25, 0.3) is 5.91 Å². The smallest absolute Gasteiger partial charge is 0.338 e. The van der Waals surface area contributed by atoms with E-state index in [0.29, 0.717) is 33.9 Å². The van der Waals surface area contributed by atoms with Crippen molar-refractivity contribution in [3.05, 3.63) is 89.5 Å². The third kappa shape index (κ3) is 4.02. The standard InChI is InChI=1S/C25H20N6O3/c1-2-34-25(33)17-10-13-19-20(14-17)27-24(32)21(19)22(15-6-4-3-5-7-15)26-18-11-8-16(9-12-18)23-28-30-31-29-23/h3-14,26H,2H2,1H3,(H,27,32)(H,28,29,30,31)/b22-21-. The summed E-state index contributed by atoms with van der Waals surface area (Å²) in [5, 5.41) is 20.1. The molecule has 1 aliphatic heterocycles. The van der Waals surface area contributed by atoms with E-state index in [1.54, 1.807) is 25.1 Å².